The van der Waals surface area contributed by atoms with Gasteiger partial charge in [0.05, 0.1) is 13.0 Å². The van der Waals surface area contributed by atoms with E-state index in [-0.39, 0.29) is 45.1 Å². The van der Waals surface area contributed by atoms with Gasteiger partial charge in [0.2, 0.25) is 15.9 Å². The minimum Gasteiger partial charge on any atom is -0.493 e. The third-order valence-corrected chi connectivity index (χ3v) is 6.84. The highest BCUT2D eigenvalue weighted by Gasteiger charge is 2.33. The Kier molecular flexibility index (Phi) is 6.72. The second-order valence-corrected chi connectivity index (χ2v) is 9.13. The first-order valence-corrected chi connectivity index (χ1v) is 11.1. The zero-order chi connectivity index (χ0) is 21.9. The van der Waals surface area contributed by atoms with Gasteiger partial charge in [-0.2, -0.15) is 4.31 Å². The highest BCUT2D eigenvalue weighted by atomic mass is 32.2. The van der Waals surface area contributed by atoms with E-state index >= 15 is 0 Å². The lowest BCUT2D eigenvalue weighted by Gasteiger charge is -2.34. The maximum atomic E-state index is 13.9. The molecule has 1 heterocycles. The van der Waals surface area contributed by atoms with Crippen molar-refractivity contribution in [3.63, 3.8) is 0 Å². The Balaban J connectivity index is 1.54. The lowest BCUT2D eigenvalue weighted by Crippen LogP contribution is -2.50. The van der Waals surface area contributed by atoms with Crippen LogP contribution in [-0.4, -0.2) is 56.3 Å². The molecule has 0 atom stereocenters. The van der Waals surface area contributed by atoms with E-state index in [1.807, 2.05) is 32.0 Å². The van der Waals surface area contributed by atoms with Crippen LogP contribution in [0.1, 0.15) is 17.5 Å². The van der Waals surface area contributed by atoms with Gasteiger partial charge in [-0.3, -0.25) is 4.79 Å². The van der Waals surface area contributed by atoms with E-state index in [4.69, 9.17) is 4.74 Å². The fourth-order valence-electron chi connectivity index (χ4n) is 3.47. The molecule has 0 saturated carbocycles. The molecule has 9 heteroatoms. The number of piperazine rings is 1. The number of amides is 1. The molecule has 1 amide bonds. The average molecular weight is 438 g/mol. The zero-order valence-corrected chi connectivity index (χ0v) is 17.7. The molecule has 162 valence electrons. The van der Waals surface area contributed by atoms with Crippen molar-refractivity contribution in [1.82, 2.24) is 9.21 Å². The second-order valence-electron chi connectivity index (χ2n) is 7.26. The van der Waals surface area contributed by atoms with Gasteiger partial charge in [-0.05, 0) is 49.2 Å². The molecule has 0 aromatic heterocycles. The first-order valence-electron chi connectivity index (χ1n) is 9.61. The molecule has 30 heavy (non-hydrogen) atoms. The van der Waals surface area contributed by atoms with Crippen molar-refractivity contribution in [2.45, 2.75) is 25.2 Å². The minimum atomic E-state index is -4.31. The van der Waals surface area contributed by atoms with Gasteiger partial charge in [-0.25, -0.2) is 17.2 Å². The summed E-state index contributed by atoms with van der Waals surface area (Å²) in [6.07, 6.45) is 0.154. The van der Waals surface area contributed by atoms with Crippen molar-refractivity contribution >= 4 is 15.9 Å². The van der Waals surface area contributed by atoms with E-state index in [1.165, 1.54) is 4.90 Å². The molecule has 0 radical (unpaired) electrons. The highest BCUT2D eigenvalue weighted by molar-refractivity contribution is 7.89. The van der Waals surface area contributed by atoms with Crippen LogP contribution in [0.5, 0.6) is 5.75 Å². The molecule has 1 saturated heterocycles. The quantitative estimate of drug-likeness (QED) is 0.696. The van der Waals surface area contributed by atoms with Crippen LogP contribution in [0, 0.1) is 25.5 Å². The number of carbonyl (C=O) groups excluding carboxylic acids is 1. The summed E-state index contributed by atoms with van der Waals surface area (Å²) in [6.45, 7) is 4.38. The van der Waals surface area contributed by atoms with Crippen LogP contribution in [0.3, 0.4) is 0 Å². The Labute approximate surface area is 175 Å². The smallest absolute Gasteiger partial charge is 0.249 e. The number of benzene rings is 2. The zero-order valence-electron chi connectivity index (χ0n) is 16.9. The van der Waals surface area contributed by atoms with Gasteiger partial charge in [0.25, 0.3) is 0 Å². The van der Waals surface area contributed by atoms with Crippen molar-refractivity contribution in [3.05, 3.63) is 59.2 Å². The van der Waals surface area contributed by atoms with Crippen molar-refractivity contribution in [1.29, 1.82) is 0 Å². The number of carbonyl (C=O) groups is 1. The SMILES string of the molecule is Cc1cc(C)cc(OCCC(=O)N2CCN(S(=O)(=O)c3c(F)cccc3F)CC2)c1. The molecule has 0 unspecified atom stereocenters. The number of nitrogens with zero attached hydrogens (tertiary/aromatic N) is 2. The number of rotatable bonds is 6. The predicted molar refractivity (Wildman–Crippen MR) is 108 cm³/mol. The summed E-state index contributed by atoms with van der Waals surface area (Å²) in [5, 5.41) is 0. The van der Waals surface area contributed by atoms with Crippen LogP contribution < -0.4 is 4.74 Å². The molecule has 2 aromatic carbocycles. The van der Waals surface area contributed by atoms with Crippen LogP contribution >= 0.6 is 0 Å². The van der Waals surface area contributed by atoms with Gasteiger partial charge in [0.15, 0.2) is 4.90 Å². The number of hydrogen-bond acceptors (Lipinski definition) is 4. The van der Waals surface area contributed by atoms with E-state index in [0.29, 0.717) is 5.75 Å². The lowest BCUT2D eigenvalue weighted by molar-refractivity contribution is -0.132. The Morgan fingerprint density at radius 1 is 1.00 bits per heavy atom. The molecule has 0 aliphatic carbocycles. The number of hydrogen-bond donors (Lipinski definition) is 0. The second kappa shape index (κ2) is 9.09. The van der Waals surface area contributed by atoms with Gasteiger partial charge in [-0.1, -0.05) is 12.1 Å². The number of halogens is 2. The topological polar surface area (TPSA) is 66.9 Å². The van der Waals surface area contributed by atoms with E-state index in [1.54, 1.807) is 0 Å². The summed E-state index contributed by atoms with van der Waals surface area (Å²) in [7, 11) is -4.31. The van der Waals surface area contributed by atoms with Gasteiger partial charge in [0.1, 0.15) is 17.4 Å². The molecule has 6 nitrogen and oxygen atoms in total. The molecular weight excluding hydrogens is 414 g/mol. The Morgan fingerprint density at radius 2 is 1.57 bits per heavy atom. The van der Waals surface area contributed by atoms with Gasteiger partial charge in [-0.15, -0.1) is 0 Å². The van der Waals surface area contributed by atoms with Crippen LogP contribution in [0.2, 0.25) is 0 Å². The van der Waals surface area contributed by atoms with Crippen LogP contribution in [0.25, 0.3) is 0 Å². The predicted octanol–water partition coefficient (Wildman–Crippen LogP) is 2.88. The highest BCUT2D eigenvalue weighted by Crippen LogP contribution is 2.23. The molecule has 0 spiro atoms. The largest absolute Gasteiger partial charge is 0.493 e. The fourth-order valence-corrected chi connectivity index (χ4v) is 5.00. The molecule has 1 fully saturated rings. The lowest BCUT2D eigenvalue weighted by atomic mass is 10.1. The Bertz CT molecular complexity index is 995. The first-order chi connectivity index (χ1) is 14.2. The normalized spacial score (nSPS) is 15.3. The van der Waals surface area contributed by atoms with Crippen LogP contribution in [0.15, 0.2) is 41.3 Å². The number of ether oxygens (including phenoxy) is 1. The van der Waals surface area contributed by atoms with Crippen molar-refractivity contribution in [2.24, 2.45) is 0 Å². The summed E-state index contributed by atoms with van der Waals surface area (Å²) >= 11 is 0. The molecule has 0 N–H and O–H groups in total. The van der Waals surface area contributed by atoms with E-state index < -0.39 is 26.6 Å². The molecule has 1 aliphatic heterocycles. The molecule has 2 aromatic rings. The first kappa shape index (κ1) is 22.2. The summed E-state index contributed by atoms with van der Waals surface area (Å²) in [6, 6.07) is 8.74. The molecule has 3 rings (SSSR count). The summed E-state index contributed by atoms with van der Waals surface area (Å²) in [5.74, 6) is -1.72. The summed E-state index contributed by atoms with van der Waals surface area (Å²) in [4.78, 5) is 13.0. The van der Waals surface area contributed by atoms with Crippen LogP contribution in [-0.2, 0) is 14.8 Å². The van der Waals surface area contributed by atoms with Crippen molar-refractivity contribution in [2.75, 3.05) is 32.8 Å². The Hall–Kier alpha value is -2.52. The third-order valence-electron chi connectivity index (χ3n) is 4.89. The summed E-state index contributed by atoms with van der Waals surface area (Å²) in [5.41, 5.74) is 2.14. The average Bonchev–Trinajstić information content (AvgIpc) is 2.67. The standard InChI is InChI=1S/C21H24F2N2O4S/c1-15-12-16(2)14-17(13-15)29-11-6-20(26)24-7-9-25(10-8-24)30(27,28)21-18(22)4-3-5-19(21)23/h3-5,12-14H,6-11H2,1-2H3. The van der Waals surface area contributed by atoms with Gasteiger partial charge >= 0.3 is 0 Å². The molecule has 0 bridgehead atoms. The number of sulfonamides is 1. The maximum Gasteiger partial charge on any atom is 0.249 e. The van der Waals surface area contributed by atoms with Gasteiger partial charge in [0, 0.05) is 26.2 Å². The van der Waals surface area contributed by atoms with Gasteiger partial charge < -0.3 is 9.64 Å². The monoisotopic (exact) mass is 438 g/mol. The van der Waals surface area contributed by atoms with Crippen LogP contribution in [0.4, 0.5) is 8.78 Å². The molecular formula is C21H24F2N2O4S. The molecule has 1 aliphatic rings. The van der Waals surface area contributed by atoms with E-state index in [9.17, 15) is 22.0 Å². The number of aryl methyl sites for hydroxylation is 2. The maximum absolute atomic E-state index is 13.9. The van der Waals surface area contributed by atoms with E-state index in [2.05, 4.69) is 0 Å². The van der Waals surface area contributed by atoms with Crippen molar-refractivity contribution < 1.29 is 26.7 Å². The fraction of sp³-hybridized carbons (Fsp3) is 0.381. The summed E-state index contributed by atoms with van der Waals surface area (Å²) < 4.78 is 59.7. The van der Waals surface area contributed by atoms with E-state index in [0.717, 1.165) is 33.6 Å². The Morgan fingerprint density at radius 3 is 2.13 bits per heavy atom. The minimum absolute atomic E-state index is 0.0280. The third kappa shape index (κ3) is 4.96. The van der Waals surface area contributed by atoms with Crippen molar-refractivity contribution in [3.8, 4) is 5.75 Å².